The molecule has 0 aliphatic carbocycles. The van der Waals surface area contributed by atoms with Crippen LogP contribution in [0.2, 0.25) is 0 Å². The summed E-state index contributed by atoms with van der Waals surface area (Å²) in [6, 6.07) is 19.8. The van der Waals surface area contributed by atoms with Gasteiger partial charge in [-0.05, 0) is 84.0 Å². The van der Waals surface area contributed by atoms with Crippen molar-refractivity contribution >= 4 is 87.6 Å². The van der Waals surface area contributed by atoms with Gasteiger partial charge in [-0.3, -0.25) is 77.3 Å². The number of carbonyl (C=O) groups is 11. The summed E-state index contributed by atoms with van der Waals surface area (Å²) in [5, 5.41) is 61.9. The van der Waals surface area contributed by atoms with Crippen LogP contribution in [0.15, 0.2) is 96.0 Å². The van der Waals surface area contributed by atoms with Gasteiger partial charge in [-0.2, -0.15) is 0 Å². The smallest absolute Gasteiger partial charge is 0.317 e. The maximum absolute atomic E-state index is 14.4. The van der Waals surface area contributed by atoms with Gasteiger partial charge in [-0.25, -0.2) is 0 Å². The molecule has 6 rings (SSSR count). The fourth-order valence-electron chi connectivity index (χ4n) is 10.2. The van der Waals surface area contributed by atoms with Crippen LogP contribution >= 0.6 is 0 Å². The van der Waals surface area contributed by atoms with E-state index in [2.05, 4.69) is 47.5 Å². The van der Waals surface area contributed by atoms with E-state index in [0.717, 1.165) is 10.8 Å². The molecule has 490 valence electrons. The molecule has 2 saturated heterocycles. The van der Waals surface area contributed by atoms with Crippen molar-refractivity contribution in [2.45, 2.75) is 69.1 Å². The predicted molar refractivity (Wildman–Crippen MR) is 333 cm³/mol. The third kappa shape index (κ3) is 25.3. The highest BCUT2D eigenvalue weighted by Crippen LogP contribution is 2.18. The number of carboxylic acid groups (broad SMARTS) is 3. The average molecular weight is 1260 g/mol. The number of benzene rings is 4. The molecule has 0 unspecified atom stereocenters. The second-order valence-corrected chi connectivity index (χ2v) is 22.1. The quantitative estimate of drug-likeness (QED) is 0.0187. The van der Waals surface area contributed by atoms with E-state index in [9.17, 15) is 73.2 Å². The van der Waals surface area contributed by atoms with Gasteiger partial charge in [-0.15, -0.1) is 0 Å². The summed E-state index contributed by atoms with van der Waals surface area (Å²) < 4.78 is 0. The highest BCUT2D eigenvalue weighted by molar-refractivity contribution is 5.98. The number of amides is 8. The van der Waals surface area contributed by atoms with Crippen LogP contribution in [0.1, 0.15) is 53.6 Å². The second-order valence-electron chi connectivity index (χ2n) is 22.1. The Balaban J connectivity index is 1.06. The Morgan fingerprint density at radius 3 is 1.58 bits per heavy atom. The highest BCUT2D eigenvalue weighted by atomic mass is 16.4. The molecule has 0 bridgehead atoms. The maximum atomic E-state index is 14.4. The topological polar surface area (TPSA) is 442 Å². The number of aliphatic imine (C=N–C) groups is 1. The molecule has 0 aromatic heterocycles. The molecule has 0 saturated carbocycles. The summed E-state index contributed by atoms with van der Waals surface area (Å²) in [7, 11) is 0. The lowest BCUT2D eigenvalue weighted by molar-refractivity contribution is -0.140. The molecule has 4 aromatic carbocycles. The number of fused-ring (bicyclic) bond motifs is 1. The van der Waals surface area contributed by atoms with E-state index in [1.807, 2.05) is 42.5 Å². The molecule has 30 heteroatoms. The van der Waals surface area contributed by atoms with Gasteiger partial charge in [-0.1, -0.05) is 54.6 Å². The number of carboxylic acids is 3. The lowest BCUT2D eigenvalue weighted by atomic mass is 10.0. The number of phenols is 1. The number of rotatable bonds is 25. The van der Waals surface area contributed by atoms with Crippen molar-refractivity contribution in [3.05, 3.63) is 108 Å². The van der Waals surface area contributed by atoms with E-state index in [1.165, 1.54) is 36.4 Å². The first-order valence-corrected chi connectivity index (χ1v) is 29.8. The number of phenolic OH excluding ortho intramolecular Hbond substituents is 1. The van der Waals surface area contributed by atoms with Crippen LogP contribution in [-0.2, 0) is 60.8 Å². The van der Waals surface area contributed by atoms with Gasteiger partial charge in [0.15, 0.2) is 5.96 Å². The van der Waals surface area contributed by atoms with Gasteiger partial charge in [0.1, 0.15) is 29.9 Å². The molecular formula is C61H81N15O15. The van der Waals surface area contributed by atoms with Gasteiger partial charge in [0.05, 0.1) is 32.7 Å². The summed E-state index contributed by atoms with van der Waals surface area (Å²) in [4.78, 5) is 156. The first kappa shape index (κ1) is 70.3. The minimum atomic E-state index is -1.35. The molecule has 4 atom stereocenters. The van der Waals surface area contributed by atoms with Crippen LogP contribution in [-0.4, -0.2) is 240 Å². The van der Waals surface area contributed by atoms with Crippen LogP contribution in [0.5, 0.6) is 5.75 Å². The summed E-state index contributed by atoms with van der Waals surface area (Å²) in [5.74, 6) is -8.69. The van der Waals surface area contributed by atoms with E-state index in [4.69, 9.17) is 11.5 Å². The molecule has 0 radical (unpaired) electrons. The van der Waals surface area contributed by atoms with Crippen LogP contribution in [0.3, 0.4) is 0 Å². The number of nitrogens with two attached hydrogens (primary N) is 2. The number of aromatic hydroxyl groups is 1. The number of hydrogen-bond donors (Lipinski definition) is 14. The Morgan fingerprint density at radius 1 is 0.527 bits per heavy atom. The molecular weight excluding hydrogens is 1180 g/mol. The molecule has 30 nitrogen and oxygen atoms in total. The monoisotopic (exact) mass is 1260 g/mol. The molecule has 16 N–H and O–H groups in total. The van der Waals surface area contributed by atoms with Crippen LogP contribution in [0.25, 0.3) is 10.8 Å². The lowest BCUT2D eigenvalue weighted by Gasteiger charge is -2.32. The Kier molecular flexibility index (Phi) is 27.8. The van der Waals surface area contributed by atoms with E-state index in [-0.39, 0.29) is 160 Å². The average Bonchev–Trinajstić information content (AvgIpc) is 2.34. The molecule has 2 fully saturated rings. The largest absolute Gasteiger partial charge is 0.508 e. The van der Waals surface area contributed by atoms with Crippen molar-refractivity contribution in [2.75, 3.05) is 110 Å². The molecule has 2 aliphatic heterocycles. The number of aliphatic carboxylic acids is 3. The zero-order valence-electron chi connectivity index (χ0n) is 50.4. The minimum absolute atomic E-state index is 0.00556. The van der Waals surface area contributed by atoms with E-state index >= 15 is 0 Å². The van der Waals surface area contributed by atoms with Gasteiger partial charge in [0.25, 0.3) is 5.91 Å². The Labute approximate surface area is 524 Å². The Bertz CT molecular complexity index is 3190. The van der Waals surface area contributed by atoms with Gasteiger partial charge in [0.2, 0.25) is 41.4 Å². The summed E-state index contributed by atoms with van der Waals surface area (Å²) in [5.41, 5.74) is 12.9. The molecule has 8 amide bonds. The zero-order chi connectivity index (χ0) is 65.8. The lowest BCUT2D eigenvalue weighted by Crippen LogP contribution is -2.58. The van der Waals surface area contributed by atoms with Crippen LogP contribution < -0.4 is 54.0 Å². The standard InChI is InChI=1S/C61H81N15O15/c62-61(63)66-21-4-8-47-59(90)72-48(33-40-9-12-41-5-1-2-6-43(41)31-40)57(88)67-34-51(79)69-49(32-39-10-17-45(77)18-11-39)60(91)71-46(58(89)70-47)7-3-20-65-56(87)42-13-15-44(16-14-42)68-50(78)19-22-64-52(80)35-73-23-25-74(36-53(81)82)27-29-76(38-55(85)86)30-28-75(26-24-73)37-54(83)84/h1-2,5-6,9-18,31,46-49,77H,3-4,7-8,19-30,32-38H2,(H,64,80)(H,65,87)(H,67,88)(H,68,78)(H,69,79)(H,70,89)(H,71,91)(H,72,90)(H,81,82)(H,83,84)(H,85,86)(H4,62,63,66)/t46-,47+,48+,49-/m1/s1. The second kappa shape index (κ2) is 36.0. The van der Waals surface area contributed by atoms with Crippen LogP contribution in [0, 0.1) is 0 Å². The summed E-state index contributed by atoms with van der Waals surface area (Å²) in [6.07, 6.45) is -0.0421. The molecule has 2 aliphatic rings. The SMILES string of the molecule is NC(N)=NCCC[C@@H]1NC(=O)[C@@H](CCCNC(=O)c2ccc(NC(=O)CCNC(=O)CN3CCN(CC(=O)O)CCN(CC(=O)O)CCN(CC(=O)O)CC3)cc2)NC(=O)[C@@H](Cc2ccc(O)cc2)NC(=O)CNC(=O)[C@H](Cc2ccc3ccccc3c2)NC1=O. The third-order valence-corrected chi connectivity index (χ3v) is 15.0. The number of anilines is 1. The Morgan fingerprint density at radius 2 is 1.02 bits per heavy atom. The first-order chi connectivity index (χ1) is 43.5. The number of carbonyl (C=O) groups excluding carboxylic acids is 8. The van der Waals surface area contributed by atoms with E-state index in [0.29, 0.717) is 16.8 Å². The van der Waals surface area contributed by atoms with E-state index < -0.39 is 95.9 Å². The first-order valence-electron chi connectivity index (χ1n) is 29.8. The van der Waals surface area contributed by atoms with Crippen molar-refractivity contribution in [3.63, 3.8) is 0 Å². The predicted octanol–water partition coefficient (Wildman–Crippen LogP) is -2.42. The van der Waals surface area contributed by atoms with Crippen molar-refractivity contribution in [1.29, 1.82) is 0 Å². The zero-order valence-corrected chi connectivity index (χ0v) is 50.4. The fourth-order valence-corrected chi connectivity index (χ4v) is 10.2. The summed E-state index contributed by atoms with van der Waals surface area (Å²) >= 11 is 0. The molecule has 91 heavy (non-hydrogen) atoms. The van der Waals surface area contributed by atoms with Crippen molar-refractivity contribution in [1.82, 2.24) is 56.8 Å². The summed E-state index contributed by atoms with van der Waals surface area (Å²) in [6.45, 7) is 0.118. The fraction of sp³-hybridized carbons (Fsp3) is 0.443. The van der Waals surface area contributed by atoms with Crippen molar-refractivity contribution in [3.8, 4) is 5.75 Å². The number of nitrogens with zero attached hydrogens (tertiary/aromatic N) is 5. The van der Waals surface area contributed by atoms with Crippen molar-refractivity contribution < 1.29 is 73.2 Å². The number of nitrogens with one attached hydrogen (secondary N) is 8. The molecule has 0 spiro atoms. The number of guanidine groups is 1. The Hall–Kier alpha value is -9.78. The van der Waals surface area contributed by atoms with Crippen LogP contribution in [0.4, 0.5) is 5.69 Å². The van der Waals surface area contributed by atoms with E-state index in [1.54, 1.807) is 31.7 Å². The van der Waals surface area contributed by atoms with Gasteiger partial charge in [0, 0.05) is 103 Å². The van der Waals surface area contributed by atoms with Gasteiger partial charge < -0.3 is 74.4 Å². The number of hydrogen-bond acceptors (Lipinski definition) is 17. The minimum Gasteiger partial charge on any atom is -0.508 e. The normalized spacial score (nSPS) is 19.0. The van der Waals surface area contributed by atoms with Gasteiger partial charge >= 0.3 is 17.9 Å². The maximum Gasteiger partial charge on any atom is 0.317 e. The molecule has 2 heterocycles. The molecule has 4 aromatic rings. The third-order valence-electron chi connectivity index (χ3n) is 15.0. The van der Waals surface area contributed by atoms with Crippen molar-refractivity contribution in [2.24, 2.45) is 16.5 Å². The highest BCUT2D eigenvalue weighted by Gasteiger charge is 2.33.